The molecule has 1 saturated carbocycles. The molecule has 254 valence electrons. The highest BCUT2D eigenvalue weighted by molar-refractivity contribution is 7.99. The van der Waals surface area contributed by atoms with E-state index in [-0.39, 0.29) is 53.5 Å². The Bertz CT molecular complexity index is 1790. The molecular formula is C31H28F6N6O3S2. The second-order valence-electron chi connectivity index (χ2n) is 12.6. The molecule has 4 fully saturated rings. The molecule has 2 atom stereocenters. The van der Waals surface area contributed by atoms with Gasteiger partial charge in [0.15, 0.2) is 0 Å². The Labute approximate surface area is 278 Å². The van der Waals surface area contributed by atoms with E-state index in [9.17, 15) is 35.9 Å². The first kappa shape index (κ1) is 31.7. The van der Waals surface area contributed by atoms with Gasteiger partial charge < -0.3 is 24.8 Å². The number of likely N-dealkylation sites (tertiary alicyclic amines) is 1. The van der Waals surface area contributed by atoms with E-state index in [1.54, 1.807) is 17.0 Å². The maximum atomic E-state index is 14.2. The number of hydrogen-bond donors (Lipinski definition) is 1. The van der Waals surface area contributed by atoms with Gasteiger partial charge in [-0.2, -0.15) is 26.3 Å². The number of ether oxygens (including phenoxy) is 1. The molecule has 1 aliphatic carbocycles. The van der Waals surface area contributed by atoms with Gasteiger partial charge in [0.25, 0.3) is 5.91 Å². The predicted octanol–water partition coefficient (Wildman–Crippen LogP) is 6.14. The number of carbonyl (C=O) groups excluding carboxylic acids is 2. The van der Waals surface area contributed by atoms with Gasteiger partial charge in [0.05, 0.1) is 35.9 Å². The van der Waals surface area contributed by atoms with E-state index >= 15 is 0 Å². The van der Waals surface area contributed by atoms with Gasteiger partial charge in [0.2, 0.25) is 5.95 Å². The molecule has 4 aliphatic heterocycles. The Morgan fingerprint density at radius 3 is 2.44 bits per heavy atom. The molecule has 3 aromatic rings. The van der Waals surface area contributed by atoms with Crippen molar-refractivity contribution in [1.82, 2.24) is 19.8 Å². The average molecular weight is 711 g/mol. The first-order chi connectivity index (χ1) is 22.8. The summed E-state index contributed by atoms with van der Waals surface area (Å²) in [5.41, 5.74) is 1.02. The molecule has 6 heterocycles. The molecule has 1 aromatic carbocycles. The van der Waals surface area contributed by atoms with Crippen LogP contribution in [0.25, 0.3) is 10.6 Å². The molecule has 2 unspecified atom stereocenters. The Morgan fingerprint density at radius 1 is 1.00 bits per heavy atom. The lowest BCUT2D eigenvalue weighted by Gasteiger charge is -2.36. The smallest absolute Gasteiger partial charge is 0.377 e. The molecule has 3 saturated heterocycles. The van der Waals surface area contributed by atoms with E-state index in [0.717, 1.165) is 46.5 Å². The van der Waals surface area contributed by atoms with E-state index in [1.807, 2.05) is 17.0 Å². The number of piperazine rings is 1. The third-order valence-corrected chi connectivity index (χ3v) is 11.8. The summed E-state index contributed by atoms with van der Waals surface area (Å²) in [7, 11) is 0. The lowest BCUT2D eigenvalue weighted by atomic mass is 10.1. The minimum atomic E-state index is -4.91. The van der Waals surface area contributed by atoms with E-state index in [1.165, 1.54) is 11.8 Å². The summed E-state index contributed by atoms with van der Waals surface area (Å²) in [6.07, 6.45) is -6.62. The number of aromatic nitrogens is 2. The summed E-state index contributed by atoms with van der Waals surface area (Å²) in [6.45, 7) is 1.68. The number of nitrogens with zero attached hydrogens (tertiary/aromatic N) is 5. The van der Waals surface area contributed by atoms with Crippen LogP contribution < -0.4 is 10.2 Å². The van der Waals surface area contributed by atoms with Crippen LogP contribution in [-0.4, -0.2) is 94.5 Å². The first-order valence-corrected chi connectivity index (χ1v) is 17.3. The fraction of sp³-hybridized carbons (Fsp3) is 0.484. The summed E-state index contributed by atoms with van der Waals surface area (Å²) >= 11 is 2.42. The third kappa shape index (κ3) is 5.66. The van der Waals surface area contributed by atoms with Crippen molar-refractivity contribution in [2.75, 3.05) is 48.8 Å². The summed E-state index contributed by atoms with van der Waals surface area (Å²) in [6, 6.07) is 6.34. The molecule has 5 aliphatic rings. The number of amides is 2. The maximum absolute atomic E-state index is 14.2. The Balaban J connectivity index is 1.07. The SMILES string of the molecule is O=C1c2sc(-c3nc(Nc4ccc(N5CC6CC5CN6C(=O)C(F)(F)F)cc4C4CC4)ncc3C(F)(F)F)cc2SCCN1C1COC1. The van der Waals surface area contributed by atoms with Crippen molar-refractivity contribution in [3.8, 4) is 10.6 Å². The van der Waals surface area contributed by atoms with Crippen molar-refractivity contribution in [1.29, 1.82) is 0 Å². The highest BCUT2D eigenvalue weighted by atomic mass is 32.2. The molecule has 0 radical (unpaired) electrons. The number of alkyl halides is 6. The van der Waals surface area contributed by atoms with Crippen molar-refractivity contribution >= 4 is 52.2 Å². The fourth-order valence-electron chi connectivity index (χ4n) is 6.91. The number of benzene rings is 1. The van der Waals surface area contributed by atoms with Gasteiger partial charge in [0.1, 0.15) is 10.4 Å². The Morgan fingerprint density at radius 2 is 1.79 bits per heavy atom. The number of anilines is 3. The van der Waals surface area contributed by atoms with Crippen molar-refractivity contribution in [3.05, 3.63) is 46.5 Å². The maximum Gasteiger partial charge on any atom is 0.471 e. The standard InChI is InChI=1S/C31H28F6N6O3S2/c32-30(33,34)21-10-38-29(40-25(21)23-9-24-26(48-23)27(44)41(5-6-47-24)19-13-46-14-19)39-22-4-3-16(8-20(22)15-1-2-15)42-11-18-7-17(42)12-43(18)28(45)31(35,36)37/h3-4,8-10,15,17-19H,1-2,5-7,11-14H2,(H,38,39,40). The molecule has 1 N–H and O–H groups in total. The van der Waals surface area contributed by atoms with Crippen LogP contribution in [0.3, 0.4) is 0 Å². The number of fused-ring (bicyclic) bond motifs is 3. The molecule has 8 rings (SSSR count). The summed E-state index contributed by atoms with van der Waals surface area (Å²) in [5, 5.41) is 3.12. The number of halogens is 6. The zero-order chi connectivity index (χ0) is 33.5. The van der Waals surface area contributed by atoms with Crippen LogP contribution in [0.5, 0.6) is 0 Å². The molecular weight excluding hydrogens is 683 g/mol. The zero-order valence-electron chi connectivity index (χ0n) is 25.1. The molecule has 2 aromatic heterocycles. The normalized spacial score (nSPS) is 23.0. The average Bonchev–Trinajstić information content (AvgIpc) is 3.50. The van der Waals surface area contributed by atoms with Gasteiger partial charge in [-0.15, -0.1) is 23.1 Å². The Kier molecular flexibility index (Phi) is 7.60. The second kappa shape index (κ2) is 11.5. The minimum Gasteiger partial charge on any atom is -0.377 e. The van der Waals surface area contributed by atoms with Crippen molar-refractivity contribution < 1.29 is 40.7 Å². The van der Waals surface area contributed by atoms with Crippen LogP contribution in [0.1, 0.15) is 46.0 Å². The first-order valence-electron chi connectivity index (χ1n) is 15.5. The number of carbonyl (C=O) groups is 2. The highest BCUT2D eigenvalue weighted by Crippen LogP contribution is 2.48. The summed E-state index contributed by atoms with van der Waals surface area (Å²) in [4.78, 5) is 39.5. The van der Waals surface area contributed by atoms with E-state index in [4.69, 9.17) is 4.74 Å². The zero-order valence-corrected chi connectivity index (χ0v) is 26.7. The fourth-order valence-corrected chi connectivity index (χ4v) is 9.23. The van der Waals surface area contributed by atoms with E-state index in [0.29, 0.717) is 47.4 Å². The van der Waals surface area contributed by atoms with Crippen molar-refractivity contribution in [2.24, 2.45) is 0 Å². The van der Waals surface area contributed by atoms with Gasteiger partial charge in [-0.1, -0.05) is 0 Å². The van der Waals surface area contributed by atoms with Crippen LogP contribution in [-0.2, 0) is 15.7 Å². The van der Waals surface area contributed by atoms with Gasteiger partial charge in [-0.3, -0.25) is 9.59 Å². The number of rotatable bonds is 6. The van der Waals surface area contributed by atoms with Gasteiger partial charge in [-0.25, -0.2) is 9.97 Å². The summed E-state index contributed by atoms with van der Waals surface area (Å²) < 4.78 is 87.1. The van der Waals surface area contributed by atoms with Crippen LogP contribution >= 0.6 is 23.1 Å². The minimum absolute atomic E-state index is 0.00672. The van der Waals surface area contributed by atoms with Crippen LogP contribution in [0, 0.1) is 0 Å². The van der Waals surface area contributed by atoms with Gasteiger partial charge in [-0.05, 0) is 55.0 Å². The van der Waals surface area contributed by atoms with E-state index < -0.39 is 29.9 Å². The molecule has 17 heteroatoms. The van der Waals surface area contributed by atoms with Crippen molar-refractivity contribution in [2.45, 2.75) is 60.6 Å². The molecule has 48 heavy (non-hydrogen) atoms. The lowest BCUT2D eigenvalue weighted by molar-refractivity contribution is -0.186. The predicted molar refractivity (Wildman–Crippen MR) is 166 cm³/mol. The molecule has 2 bridgehead atoms. The number of nitrogens with one attached hydrogen (secondary N) is 1. The number of thioether (sulfide) groups is 1. The second-order valence-corrected chi connectivity index (χ2v) is 14.8. The molecule has 9 nitrogen and oxygen atoms in total. The molecule has 0 spiro atoms. The number of hydrogen-bond acceptors (Lipinski definition) is 9. The monoisotopic (exact) mass is 710 g/mol. The topological polar surface area (TPSA) is 90.9 Å². The largest absolute Gasteiger partial charge is 0.471 e. The van der Waals surface area contributed by atoms with Crippen molar-refractivity contribution in [3.63, 3.8) is 0 Å². The number of thiophene rings is 1. The third-order valence-electron chi connectivity index (χ3n) is 9.51. The molecule has 2 amide bonds. The van der Waals surface area contributed by atoms with Gasteiger partial charge in [0, 0.05) is 53.9 Å². The summed E-state index contributed by atoms with van der Waals surface area (Å²) in [5.74, 6) is -1.26. The van der Waals surface area contributed by atoms with Crippen LogP contribution in [0.2, 0.25) is 0 Å². The quantitative estimate of drug-likeness (QED) is 0.305. The van der Waals surface area contributed by atoms with Crippen LogP contribution in [0.4, 0.5) is 43.7 Å². The van der Waals surface area contributed by atoms with E-state index in [2.05, 4.69) is 15.3 Å². The Hall–Kier alpha value is -3.57. The highest BCUT2D eigenvalue weighted by Gasteiger charge is 2.52. The lowest BCUT2D eigenvalue weighted by Crippen LogP contribution is -2.52. The van der Waals surface area contributed by atoms with Gasteiger partial charge >= 0.3 is 18.3 Å². The van der Waals surface area contributed by atoms with Crippen LogP contribution in [0.15, 0.2) is 35.4 Å².